The Morgan fingerprint density at radius 3 is 2.33 bits per heavy atom. The second-order valence-corrected chi connectivity index (χ2v) is 3.08. The van der Waals surface area contributed by atoms with Crippen LogP contribution in [0.1, 0.15) is 0 Å². The molecule has 0 rings (SSSR count). The number of aliphatic hydroxyl groups is 1. The lowest BCUT2D eigenvalue weighted by atomic mass is 10.9. The van der Waals surface area contributed by atoms with E-state index in [-0.39, 0.29) is 6.61 Å². The molecule has 0 radical (unpaired) electrons. The minimum atomic E-state index is -1.39. The third-order valence-corrected chi connectivity index (χ3v) is 1.39. The van der Waals surface area contributed by atoms with Gasteiger partial charge in [-0.05, 0) is 6.66 Å². The fraction of sp³-hybridized carbons (Fsp3) is 1.00. The molecule has 1 atom stereocenters. The van der Waals surface area contributed by atoms with Crippen molar-refractivity contribution in [3.05, 3.63) is 0 Å². The van der Waals surface area contributed by atoms with E-state index in [4.69, 9.17) is 5.11 Å². The summed E-state index contributed by atoms with van der Waals surface area (Å²) in [5, 5.41) is 8.06. The molecule has 0 aliphatic heterocycles. The number of hydrogen-bond donors (Lipinski definition) is 1. The van der Waals surface area contributed by atoms with Crippen molar-refractivity contribution in [3.8, 4) is 0 Å². The van der Waals surface area contributed by atoms with Crippen LogP contribution >= 0.6 is 7.80 Å². The molecule has 0 saturated carbocycles. The summed E-state index contributed by atoms with van der Waals surface area (Å²) >= 11 is 0. The van der Waals surface area contributed by atoms with Crippen LogP contribution in [0.25, 0.3) is 0 Å². The van der Waals surface area contributed by atoms with E-state index in [1.165, 1.54) is 0 Å². The molecule has 0 bridgehead atoms. The lowest BCUT2D eigenvalue weighted by Crippen LogP contribution is -1.81. The quantitative estimate of drug-likeness (QED) is 0.512. The highest BCUT2D eigenvalue weighted by Gasteiger charge is 1.82. The zero-order valence-electron chi connectivity index (χ0n) is 3.77. The predicted octanol–water partition coefficient (Wildman–Crippen LogP) is 0.168. The topological polar surface area (TPSA) is 37.3 Å². The first-order valence-electron chi connectivity index (χ1n) is 1.87. The first kappa shape index (κ1) is 6.19. The molecule has 1 N–H and O–H groups in total. The van der Waals surface area contributed by atoms with Gasteiger partial charge >= 0.3 is 0 Å². The maximum Gasteiger partial charge on any atom is 0.0755 e. The van der Waals surface area contributed by atoms with Gasteiger partial charge in [0.2, 0.25) is 0 Å². The van der Waals surface area contributed by atoms with E-state index in [0.29, 0.717) is 6.16 Å². The van der Waals surface area contributed by atoms with Crippen LogP contribution in [0.2, 0.25) is 0 Å². The van der Waals surface area contributed by atoms with Crippen LogP contribution in [-0.2, 0) is 4.57 Å². The van der Waals surface area contributed by atoms with Gasteiger partial charge in [-0.2, -0.15) is 0 Å². The molecule has 0 aromatic rings. The fourth-order valence-corrected chi connectivity index (χ4v) is 0.472. The molecule has 0 heterocycles. The minimum absolute atomic E-state index is 0.0638. The average molecular weight is 108 g/mol. The highest BCUT2D eigenvalue weighted by atomic mass is 31.1. The second kappa shape index (κ2) is 3.38. The van der Waals surface area contributed by atoms with E-state index in [1.54, 1.807) is 6.66 Å². The minimum Gasteiger partial charge on any atom is -0.396 e. The standard InChI is InChI=1S/C3H9O2P/c1-6(5)3-2-4/h4,6H,2-3H2,1H3. The predicted molar refractivity (Wildman–Crippen MR) is 26.9 cm³/mol. The molecule has 0 spiro atoms. The lowest BCUT2D eigenvalue weighted by Gasteiger charge is -1.82. The van der Waals surface area contributed by atoms with Gasteiger partial charge in [0.25, 0.3) is 0 Å². The number of rotatable bonds is 2. The summed E-state index contributed by atoms with van der Waals surface area (Å²) in [6, 6.07) is 0. The van der Waals surface area contributed by atoms with Crippen LogP contribution in [0.5, 0.6) is 0 Å². The van der Waals surface area contributed by atoms with E-state index >= 15 is 0 Å². The third kappa shape index (κ3) is 4.19. The van der Waals surface area contributed by atoms with E-state index in [2.05, 4.69) is 0 Å². The zero-order chi connectivity index (χ0) is 4.99. The van der Waals surface area contributed by atoms with Crippen molar-refractivity contribution >= 4 is 7.80 Å². The van der Waals surface area contributed by atoms with Gasteiger partial charge in [0.15, 0.2) is 0 Å². The maximum atomic E-state index is 10.1. The van der Waals surface area contributed by atoms with Gasteiger partial charge in [-0.25, -0.2) is 0 Å². The Balaban J connectivity index is 2.83. The van der Waals surface area contributed by atoms with Crippen LogP contribution in [0, 0.1) is 0 Å². The van der Waals surface area contributed by atoms with Crippen molar-refractivity contribution in [2.75, 3.05) is 19.4 Å². The molecule has 1 unspecified atom stereocenters. The third-order valence-electron chi connectivity index (χ3n) is 0.464. The fourth-order valence-electron chi connectivity index (χ4n) is 0.157. The van der Waals surface area contributed by atoms with Crippen LogP contribution in [0.4, 0.5) is 0 Å². The SMILES string of the molecule is C[PH](=O)CCO. The largest absolute Gasteiger partial charge is 0.396 e. The van der Waals surface area contributed by atoms with Gasteiger partial charge in [0.05, 0.1) is 7.80 Å². The van der Waals surface area contributed by atoms with Crippen molar-refractivity contribution < 1.29 is 9.67 Å². The molecule has 3 heteroatoms. The summed E-state index contributed by atoms with van der Waals surface area (Å²) in [6.45, 7) is 1.70. The Morgan fingerprint density at radius 1 is 1.83 bits per heavy atom. The average Bonchev–Trinajstić information content (AvgIpc) is 1.35. The van der Waals surface area contributed by atoms with Crippen LogP contribution in [0.15, 0.2) is 0 Å². The Bertz CT molecular complexity index is 52.8. The zero-order valence-corrected chi connectivity index (χ0v) is 4.77. The summed E-state index contributed by atoms with van der Waals surface area (Å²) < 4.78 is 10.1. The number of aliphatic hydroxyl groups excluding tert-OH is 1. The van der Waals surface area contributed by atoms with Gasteiger partial charge in [0.1, 0.15) is 0 Å². The van der Waals surface area contributed by atoms with Crippen molar-refractivity contribution in [2.45, 2.75) is 0 Å². The van der Waals surface area contributed by atoms with Gasteiger partial charge in [-0.3, -0.25) is 0 Å². The molecular formula is C3H9O2P. The Labute approximate surface area is 38.0 Å². The van der Waals surface area contributed by atoms with E-state index in [9.17, 15) is 4.57 Å². The Morgan fingerprint density at radius 2 is 2.33 bits per heavy atom. The molecule has 0 aromatic carbocycles. The summed E-state index contributed by atoms with van der Waals surface area (Å²) in [7, 11) is -1.39. The number of hydrogen-bond acceptors (Lipinski definition) is 2. The van der Waals surface area contributed by atoms with Crippen LogP contribution < -0.4 is 0 Å². The molecule has 0 aromatic heterocycles. The molecule has 0 aliphatic carbocycles. The summed E-state index contributed by atoms with van der Waals surface area (Å²) in [4.78, 5) is 0. The van der Waals surface area contributed by atoms with Crippen LogP contribution in [-0.4, -0.2) is 24.5 Å². The van der Waals surface area contributed by atoms with E-state index < -0.39 is 7.80 Å². The van der Waals surface area contributed by atoms with Gasteiger partial charge in [-0.1, -0.05) is 0 Å². The lowest BCUT2D eigenvalue weighted by molar-refractivity contribution is 0.320. The van der Waals surface area contributed by atoms with Gasteiger partial charge in [-0.15, -0.1) is 0 Å². The first-order chi connectivity index (χ1) is 2.77. The van der Waals surface area contributed by atoms with Crippen LogP contribution in [0.3, 0.4) is 0 Å². The van der Waals surface area contributed by atoms with Gasteiger partial charge in [0, 0.05) is 12.8 Å². The normalized spacial score (nSPS) is 14.3. The summed E-state index contributed by atoms with van der Waals surface area (Å²) in [5.41, 5.74) is 0. The molecule has 0 fully saturated rings. The maximum absolute atomic E-state index is 10.1. The molecule has 0 aliphatic rings. The van der Waals surface area contributed by atoms with Gasteiger partial charge < -0.3 is 9.67 Å². The molecule has 0 saturated heterocycles. The van der Waals surface area contributed by atoms with Crippen molar-refractivity contribution in [2.24, 2.45) is 0 Å². The highest BCUT2D eigenvalue weighted by Crippen LogP contribution is 2.09. The Hall–Kier alpha value is 0.190. The van der Waals surface area contributed by atoms with E-state index in [1.807, 2.05) is 0 Å². The smallest absolute Gasteiger partial charge is 0.0755 e. The van der Waals surface area contributed by atoms with Crippen molar-refractivity contribution in [1.82, 2.24) is 0 Å². The molecule has 6 heavy (non-hydrogen) atoms. The Kier molecular flexibility index (Phi) is 3.49. The van der Waals surface area contributed by atoms with Crippen molar-refractivity contribution in [1.29, 1.82) is 0 Å². The molecule has 0 amide bonds. The molecule has 38 valence electrons. The molecular weight excluding hydrogens is 99.0 g/mol. The molecule has 2 nitrogen and oxygen atoms in total. The summed E-state index contributed by atoms with van der Waals surface area (Å²) in [6.07, 6.45) is 0.477. The second-order valence-electron chi connectivity index (χ2n) is 1.18. The first-order valence-corrected chi connectivity index (χ1v) is 3.99. The van der Waals surface area contributed by atoms with E-state index in [0.717, 1.165) is 0 Å². The van der Waals surface area contributed by atoms with Crippen molar-refractivity contribution in [3.63, 3.8) is 0 Å². The monoisotopic (exact) mass is 108 g/mol. The summed E-state index contributed by atoms with van der Waals surface area (Å²) in [5.74, 6) is 0. The highest BCUT2D eigenvalue weighted by molar-refractivity contribution is 7.43.